The number of amides is 2. The van der Waals surface area contributed by atoms with Crippen LogP contribution < -0.4 is 10.1 Å². The molecule has 7 heteroatoms. The standard InChI is InChI=1S/C19H26N4O3/c1-14-10-20-18(22-14)11-21-19(24)23(13-17-4-3-9-26-17)12-15-5-7-16(25-2)8-6-15/h5-8,10,17H,3-4,9,11-13H2,1-2H3,(H,20,22)(H,21,24). The predicted molar refractivity (Wildman–Crippen MR) is 97.9 cm³/mol. The van der Waals surface area contributed by atoms with Gasteiger partial charge in [-0.3, -0.25) is 0 Å². The van der Waals surface area contributed by atoms with E-state index in [1.807, 2.05) is 31.2 Å². The fraction of sp³-hybridized carbons (Fsp3) is 0.474. The van der Waals surface area contributed by atoms with Gasteiger partial charge in [-0.1, -0.05) is 12.1 Å². The van der Waals surface area contributed by atoms with E-state index in [2.05, 4.69) is 15.3 Å². The Labute approximate surface area is 153 Å². The highest BCUT2D eigenvalue weighted by Crippen LogP contribution is 2.17. The van der Waals surface area contributed by atoms with Crippen LogP contribution in [0.4, 0.5) is 4.79 Å². The molecule has 2 amide bonds. The molecule has 1 aliphatic heterocycles. The smallest absolute Gasteiger partial charge is 0.318 e. The molecule has 1 saturated heterocycles. The molecule has 0 spiro atoms. The molecule has 0 saturated carbocycles. The van der Waals surface area contributed by atoms with E-state index in [0.29, 0.717) is 19.6 Å². The summed E-state index contributed by atoms with van der Waals surface area (Å²) in [7, 11) is 1.64. The monoisotopic (exact) mass is 358 g/mol. The summed E-state index contributed by atoms with van der Waals surface area (Å²) in [5.41, 5.74) is 2.02. The molecule has 1 aromatic heterocycles. The lowest BCUT2D eigenvalue weighted by Crippen LogP contribution is -2.43. The van der Waals surface area contributed by atoms with Crippen molar-refractivity contribution >= 4 is 6.03 Å². The summed E-state index contributed by atoms with van der Waals surface area (Å²) in [5.74, 6) is 1.55. The van der Waals surface area contributed by atoms with Gasteiger partial charge in [0.15, 0.2) is 0 Å². The summed E-state index contributed by atoms with van der Waals surface area (Å²) in [6.07, 6.45) is 3.89. The Hall–Kier alpha value is -2.54. The summed E-state index contributed by atoms with van der Waals surface area (Å²) >= 11 is 0. The maximum Gasteiger partial charge on any atom is 0.318 e. The van der Waals surface area contributed by atoms with Crippen LogP contribution in [0.1, 0.15) is 29.9 Å². The second kappa shape index (κ2) is 8.71. The third kappa shape index (κ3) is 4.98. The van der Waals surface area contributed by atoms with Crippen LogP contribution in [0, 0.1) is 6.92 Å². The van der Waals surface area contributed by atoms with Gasteiger partial charge in [-0.2, -0.15) is 0 Å². The molecule has 0 bridgehead atoms. The minimum absolute atomic E-state index is 0.102. The SMILES string of the molecule is COc1ccc(CN(CC2CCCO2)C(=O)NCc2ncc(C)[nH]2)cc1. The summed E-state index contributed by atoms with van der Waals surface area (Å²) in [4.78, 5) is 21.9. The van der Waals surface area contributed by atoms with Gasteiger partial charge in [-0.05, 0) is 37.5 Å². The number of carbonyl (C=O) groups is 1. The Balaban J connectivity index is 1.63. The van der Waals surface area contributed by atoms with E-state index in [4.69, 9.17) is 9.47 Å². The van der Waals surface area contributed by atoms with Crippen LogP contribution >= 0.6 is 0 Å². The zero-order chi connectivity index (χ0) is 18.4. The van der Waals surface area contributed by atoms with E-state index in [0.717, 1.165) is 42.3 Å². The summed E-state index contributed by atoms with van der Waals surface area (Å²) < 4.78 is 10.9. The maximum absolute atomic E-state index is 12.7. The van der Waals surface area contributed by atoms with Gasteiger partial charge in [0, 0.05) is 31.6 Å². The van der Waals surface area contributed by atoms with Gasteiger partial charge in [-0.15, -0.1) is 0 Å². The van der Waals surface area contributed by atoms with Gasteiger partial charge in [-0.25, -0.2) is 9.78 Å². The van der Waals surface area contributed by atoms with Crippen LogP contribution in [0.3, 0.4) is 0 Å². The fourth-order valence-electron chi connectivity index (χ4n) is 3.03. The molecule has 3 rings (SSSR count). The lowest BCUT2D eigenvalue weighted by atomic mass is 10.2. The van der Waals surface area contributed by atoms with Crippen molar-refractivity contribution in [3.8, 4) is 5.75 Å². The third-order valence-corrected chi connectivity index (χ3v) is 4.43. The highest BCUT2D eigenvalue weighted by molar-refractivity contribution is 5.74. The maximum atomic E-state index is 12.7. The second-order valence-corrected chi connectivity index (χ2v) is 6.54. The van der Waals surface area contributed by atoms with Crippen molar-refractivity contribution in [3.63, 3.8) is 0 Å². The first-order chi connectivity index (χ1) is 12.6. The molecule has 1 aromatic carbocycles. The first-order valence-electron chi connectivity index (χ1n) is 8.92. The van der Waals surface area contributed by atoms with Crippen LogP contribution in [-0.4, -0.2) is 47.3 Å². The van der Waals surface area contributed by atoms with Crippen LogP contribution in [-0.2, 0) is 17.8 Å². The molecule has 7 nitrogen and oxygen atoms in total. The summed E-state index contributed by atoms with van der Waals surface area (Å²) in [6.45, 7) is 4.18. The molecule has 2 aromatic rings. The molecule has 1 fully saturated rings. The molecule has 0 aliphatic carbocycles. The van der Waals surface area contributed by atoms with Gasteiger partial charge in [0.2, 0.25) is 0 Å². The quantitative estimate of drug-likeness (QED) is 0.797. The average Bonchev–Trinajstić information content (AvgIpc) is 3.31. The van der Waals surface area contributed by atoms with E-state index in [-0.39, 0.29) is 12.1 Å². The Morgan fingerprint density at radius 1 is 1.42 bits per heavy atom. The molecule has 26 heavy (non-hydrogen) atoms. The fourth-order valence-corrected chi connectivity index (χ4v) is 3.03. The number of aryl methyl sites for hydroxylation is 1. The molecule has 140 valence electrons. The Bertz CT molecular complexity index is 708. The van der Waals surface area contributed by atoms with E-state index in [1.165, 1.54) is 0 Å². The number of nitrogens with zero attached hydrogens (tertiary/aromatic N) is 2. The highest BCUT2D eigenvalue weighted by atomic mass is 16.5. The van der Waals surface area contributed by atoms with Crippen molar-refractivity contribution < 1.29 is 14.3 Å². The molecular weight excluding hydrogens is 332 g/mol. The normalized spacial score (nSPS) is 16.5. The minimum atomic E-state index is -0.120. The van der Waals surface area contributed by atoms with Crippen LogP contribution in [0.15, 0.2) is 30.5 Å². The van der Waals surface area contributed by atoms with Gasteiger partial charge in [0.25, 0.3) is 0 Å². The number of urea groups is 1. The summed E-state index contributed by atoms with van der Waals surface area (Å²) in [5, 5.41) is 2.94. The van der Waals surface area contributed by atoms with Crippen molar-refractivity contribution in [1.82, 2.24) is 20.2 Å². The van der Waals surface area contributed by atoms with Crippen molar-refractivity contribution in [3.05, 3.63) is 47.5 Å². The van der Waals surface area contributed by atoms with Crippen molar-refractivity contribution in [2.45, 2.75) is 39.0 Å². The highest BCUT2D eigenvalue weighted by Gasteiger charge is 2.23. The first-order valence-corrected chi connectivity index (χ1v) is 8.92. The van der Waals surface area contributed by atoms with E-state index in [9.17, 15) is 4.79 Å². The van der Waals surface area contributed by atoms with Gasteiger partial charge in [0.05, 0.1) is 19.8 Å². The first kappa shape index (κ1) is 18.3. The number of hydrogen-bond acceptors (Lipinski definition) is 4. The molecular formula is C19H26N4O3. The molecule has 0 radical (unpaired) electrons. The van der Waals surface area contributed by atoms with Crippen molar-refractivity contribution in [1.29, 1.82) is 0 Å². The number of aromatic amines is 1. The number of nitrogens with one attached hydrogen (secondary N) is 2. The van der Waals surface area contributed by atoms with Crippen LogP contribution in [0.25, 0.3) is 0 Å². The molecule has 1 atom stereocenters. The van der Waals surface area contributed by atoms with E-state index >= 15 is 0 Å². The number of rotatable bonds is 7. The zero-order valence-corrected chi connectivity index (χ0v) is 15.3. The number of aromatic nitrogens is 2. The third-order valence-electron chi connectivity index (χ3n) is 4.43. The number of carbonyl (C=O) groups excluding carboxylic acids is 1. The lowest BCUT2D eigenvalue weighted by molar-refractivity contribution is 0.0794. The van der Waals surface area contributed by atoms with Crippen molar-refractivity contribution in [2.75, 3.05) is 20.3 Å². The Morgan fingerprint density at radius 2 is 2.23 bits per heavy atom. The van der Waals surface area contributed by atoms with Crippen LogP contribution in [0.5, 0.6) is 5.75 Å². The number of benzene rings is 1. The van der Waals surface area contributed by atoms with Gasteiger partial charge >= 0.3 is 6.03 Å². The number of hydrogen-bond donors (Lipinski definition) is 2. The number of imidazole rings is 1. The Morgan fingerprint density at radius 3 is 2.85 bits per heavy atom. The topological polar surface area (TPSA) is 79.5 Å². The van der Waals surface area contributed by atoms with E-state index in [1.54, 1.807) is 18.2 Å². The molecule has 2 heterocycles. The molecule has 2 N–H and O–H groups in total. The number of methoxy groups -OCH3 is 1. The summed E-state index contributed by atoms with van der Waals surface area (Å²) in [6, 6.07) is 7.65. The van der Waals surface area contributed by atoms with Crippen molar-refractivity contribution in [2.24, 2.45) is 0 Å². The average molecular weight is 358 g/mol. The van der Waals surface area contributed by atoms with Crippen LogP contribution in [0.2, 0.25) is 0 Å². The van der Waals surface area contributed by atoms with Gasteiger partial charge in [0.1, 0.15) is 11.6 Å². The zero-order valence-electron chi connectivity index (χ0n) is 15.3. The molecule has 1 unspecified atom stereocenters. The van der Waals surface area contributed by atoms with E-state index < -0.39 is 0 Å². The minimum Gasteiger partial charge on any atom is -0.497 e. The predicted octanol–water partition coefficient (Wildman–Crippen LogP) is 2.62. The second-order valence-electron chi connectivity index (χ2n) is 6.54. The number of H-pyrrole nitrogens is 1. The Kier molecular flexibility index (Phi) is 6.12. The lowest BCUT2D eigenvalue weighted by Gasteiger charge is -2.26. The van der Waals surface area contributed by atoms with Gasteiger partial charge < -0.3 is 24.7 Å². The largest absolute Gasteiger partial charge is 0.497 e. The number of ether oxygens (including phenoxy) is 2. The molecule has 1 aliphatic rings.